The quantitative estimate of drug-likeness (QED) is 0.0211. The summed E-state index contributed by atoms with van der Waals surface area (Å²) >= 11 is 0. The number of likely N-dealkylation sites (N-methyl/N-ethyl adjacent to an activating group) is 1. The highest BCUT2D eigenvalue weighted by Crippen LogP contribution is 2.15. The SMILES string of the molecule is CC/C=C\C/C=C\C/C=C\C/C=C\C/C=C\C/C=C\C/C=C\C/C=C\C/C=C\CCCCCCCCCCCCCC(=O)OC(COC(=O)CCCCCCCC/C=C\C/C=C\C/C=C\CCCCC)COC(OCC[N+](C)(C)C)C(=O)O. The number of hydrogen-bond donors (Lipinski definition) is 1. The summed E-state index contributed by atoms with van der Waals surface area (Å²) in [6, 6.07) is 0. The van der Waals surface area contributed by atoms with Gasteiger partial charge in [0, 0.05) is 12.8 Å². The van der Waals surface area contributed by atoms with Crippen LogP contribution in [0.5, 0.6) is 0 Å². The molecule has 2 unspecified atom stereocenters. The van der Waals surface area contributed by atoms with Crippen molar-refractivity contribution >= 4 is 17.9 Å². The fourth-order valence-electron chi connectivity index (χ4n) is 8.54. The van der Waals surface area contributed by atoms with Crippen LogP contribution >= 0.6 is 0 Å². The van der Waals surface area contributed by atoms with Crippen LogP contribution in [0.15, 0.2) is 146 Å². The van der Waals surface area contributed by atoms with Gasteiger partial charge in [-0.25, -0.2) is 4.79 Å². The molecule has 0 saturated carbocycles. The Balaban J connectivity index is 4.18. The topological polar surface area (TPSA) is 108 Å². The van der Waals surface area contributed by atoms with E-state index in [9.17, 15) is 19.5 Å². The summed E-state index contributed by atoms with van der Waals surface area (Å²) in [4.78, 5) is 37.5. The summed E-state index contributed by atoms with van der Waals surface area (Å²) in [5.41, 5.74) is 0. The molecule has 0 rings (SSSR count). The van der Waals surface area contributed by atoms with Crippen LogP contribution in [0, 0.1) is 0 Å². The zero-order valence-corrected chi connectivity index (χ0v) is 53.5. The van der Waals surface area contributed by atoms with E-state index in [2.05, 4.69) is 160 Å². The minimum absolute atomic E-state index is 0.178. The van der Waals surface area contributed by atoms with Crippen LogP contribution < -0.4 is 0 Å². The van der Waals surface area contributed by atoms with E-state index in [0.717, 1.165) is 128 Å². The van der Waals surface area contributed by atoms with Crippen molar-refractivity contribution in [1.29, 1.82) is 0 Å². The molecule has 9 nitrogen and oxygen atoms in total. The molecule has 0 aliphatic rings. The van der Waals surface area contributed by atoms with Gasteiger partial charge in [0.1, 0.15) is 13.2 Å². The van der Waals surface area contributed by atoms with E-state index in [4.69, 9.17) is 18.9 Å². The maximum Gasteiger partial charge on any atom is 0.361 e. The number of hydrogen-bond acceptors (Lipinski definition) is 7. The molecule has 9 heteroatoms. The predicted octanol–water partition coefficient (Wildman–Crippen LogP) is 20.3. The lowest BCUT2D eigenvalue weighted by molar-refractivity contribution is -0.870. The summed E-state index contributed by atoms with van der Waals surface area (Å²) < 4.78 is 22.9. The fourth-order valence-corrected chi connectivity index (χ4v) is 8.54. The fraction of sp³-hybridized carbons (Fsp3) is 0.635. The number of allylic oxidation sites excluding steroid dienone is 24. The Morgan fingerprint density at radius 1 is 0.373 bits per heavy atom. The lowest BCUT2D eigenvalue weighted by atomic mass is 10.0. The minimum Gasteiger partial charge on any atom is -0.477 e. The number of quaternary nitrogens is 1. The number of aliphatic carboxylic acids is 1. The van der Waals surface area contributed by atoms with E-state index < -0.39 is 24.3 Å². The lowest BCUT2D eigenvalue weighted by Gasteiger charge is -2.25. The summed E-state index contributed by atoms with van der Waals surface area (Å²) in [7, 11) is 5.96. The summed E-state index contributed by atoms with van der Waals surface area (Å²) in [6.45, 7) is 4.71. The predicted molar refractivity (Wildman–Crippen MR) is 354 cm³/mol. The number of ether oxygens (including phenoxy) is 4. The second kappa shape index (κ2) is 63.2. The van der Waals surface area contributed by atoms with Crippen molar-refractivity contribution in [3.63, 3.8) is 0 Å². The van der Waals surface area contributed by atoms with Crippen molar-refractivity contribution in [2.24, 2.45) is 0 Å². The number of carbonyl (C=O) groups is 3. The van der Waals surface area contributed by atoms with Crippen LogP contribution in [0.1, 0.15) is 245 Å². The number of nitrogens with zero attached hydrogens (tertiary/aromatic N) is 1. The maximum atomic E-state index is 12.9. The van der Waals surface area contributed by atoms with E-state index in [1.54, 1.807) is 0 Å². The van der Waals surface area contributed by atoms with Gasteiger partial charge in [-0.2, -0.15) is 0 Å². The third-order valence-corrected chi connectivity index (χ3v) is 13.6. The van der Waals surface area contributed by atoms with Crippen LogP contribution in [-0.4, -0.2) is 87.4 Å². The molecule has 0 bridgehead atoms. The number of carboxylic acids is 1. The molecule has 0 aliphatic heterocycles. The van der Waals surface area contributed by atoms with Gasteiger partial charge >= 0.3 is 17.9 Å². The number of carboxylic acid groups (broad SMARTS) is 1. The molecule has 470 valence electrons. The highest BCUT2D eigenvalue weighted by Gasteiger charge is 2.25. The molecular formula is C74H122NO8+. The number of esters is 2. The first kappa shape index (κ1) is 78.2. The van der Waals surface area contributed by atoms with Crippen molar-refractivity contribution in [3.05, 3.63) is 146 Å². The van der Waals surface area contributed by atoms with Crippen LogP contribution in [-0.2, 0) is 33.3 Å². The summed E-state index contributed by atoms with van der Waals surface area (Å²) in [6.07, 6.45) is 89.4. The monoisotopic (exact) mass is 1150 g/mol. The van der Waals surface area contributed by atoms with E-state index in [0.29, 0.717) is 17.4 Å². The summed E-state index contributed by atoms with van der Waals surface area (Å²) in [5, 5.41) is 9.73. The molecular weight excluding hydrogens is 1030 g/mol. The summed E-state index contributed by atoms with van der Waals surface area (Å²) in [5.74, 6) is -2.04. The van der Waals surface area contributed by atoms with Gasteiger partial charge in [-0.05, 0) is 122 Å². The van der Waals surface area contributed by atoms with Crippen molar-refractivity contribution in [2.45, 2.75) is 257 Å². The van der Waals surface area contributed by atoms with Gasteiger partial charge in [0.15, 0.2) is 6.10 Å². The first-order valence-electron chi connectivity index (χ1n) is 33.0. The zero-order valence-electron chi connectivity index (χ0n) is 53.5. The molecule has 0 aromatic rings. The molecule has 0 saturated heterocycles. The zero-order chi connectivity index (χ0) is 60.5. The highest BCUT2D eigenvalue weighted by atomic mass is 16.7. The van der Waals surface area contributed by atoms with Gasteiger partial charge in [-0.3, -0.25) is 9.59 Å². The van der Waals surface area contributed by atoms with Crippen LogP contribution in [0.3, 0.4) is 0 Å². The van der Waals surface area contributed by atoms with Gasteiger partial charge in [-0.1, -0.05) is 256 Å². The van der Waals surface area contributed by atoms with Gasteiger partial charge in [0.2, 0.25) is 0 Å². The highest BCUT2D eigenvalue weighted by molar-refractivity contribution is 5.71. The molecule has 83 heavy (non-hydrogen) atoms. The molecule has 2 atom stereocenters. The lowest BCUT2D eigenvalue weighted by Crippen LogP contribution is -2.40. The first-order valence-corrected chi connectivity index (χ1v) is 33.0. The average molecular weight is 1150 g/mol. The first-order chi connectivity index (χ1) is 40.6. The molecule has 0 amide bonds. The Kier molecular flexibility index (Phi) is 59.5. The third-order valence-electron chi connectivity index (χ3n) is 13.6. The van der Waals surface area contributed by atoms with E-state index in [-0.39, 0.29) is 38.6 Å². The molecule has 0 spiro atoms. The van der Waals surface area contributed by atoms with Gasteiger partial charge in [-0.15, -0.1) is 0 Å². The minimum atomic E-state index is -1.52. The van der Waals surface area contributed by atoms with Crippen LogP contribution in [0.25, 0.3) is 0 Å². The Bertz CT molecular complexity index is 1870. The van der Waals surface area contributed by atoms with E-state index in [1.807, 2.05) is 21.1 Å². The molecule has 1 N–H and O–H groups in total. The van der Waals surface area contributed by atoms with Crippen molar-refractivity contribution < 1.29 is 42.9 Å². The Hall–Kier alpha value is -4.83. The molecule has 0 heterocycles. The van der Waals surface area contributed by atoms with E-state index in [1.165, 1.54) is 83.5 Å². The molecule has 0 radical (unpaired) electrons. The van der Waals surface area contributed by atoms with Gasteiger partial charge in [0.25, 0.3) is 6.29 Å². The van der Waals surface area contributed by atoms with Crippen LogP contribution in [0.2, 0.25) is 0 Å². The van der Waals surface area contributed by atoms with E-state index >= 15 is 0 Å². The van der Waals surface area contributed by atoms with Crippen molar-refractivity contribution in [1.82, 2.24) is 0 Å². The standard InChI is InChI=1S/C74H121NO8/c1-6-8-10-12-14-16-18-20-22-24-26-27-28-29-30-31-32-33-34-35-36-37-38-39-40-41-42-43-44-45-47-49-51-53-55-57-59-61-63-65-72(77)83-70(69-82-74(73(78)79)80-67-66-75(3,4)5)68-81-71(76)64-62-60-58-56-54-52-50-48-46-25-23-21-19-17-15-13-11-9-7-2/h8,10,14-17,20-23,26-27,29-30,32-33,35-36,38-39,41-42,46,48,70,74H,6-7,9,11-13,18-19,24-25,28,31,34,37,40,43-45,47,49-69H2,1-5H3/p+1/b10-8-,16-14-,17-15-,22-20-,23-21-,27-26-,30-29-,33-32-,36-35-,39-38-,42-41-,48-46-. The van der Waals surface area contributed by atoms with Gasteiger partial charge in [0.05, 0.1) is 34.4 Å². The molecule has 0 fully saturated rings. The molecule has 0 aliphatic carbocycles. The number of carbonyl (C=O) groups excluding carboxylic acids is 2. The Morgan fingerprint density at radius 3 is 1.02 bits per heavy atom. The van der Waals surface area contributed by atoms with Crippen LogP contribution in [0.4, 0.5) is 0 Å². The normalized spacial score (nSPS) is 13.7. The average Bonchev–Trinajstić information content (AvgIpc) is 3.46. The molecule has 0 aromatic heterocycles. The smallest absolute Gasteiger partial charge is 0.361 e. The largest absolute Gasteiger partial charge is 0.477 e. The molecule has 0 aromatic carbocycles. The number of rotatable bonds is 59. The third kappa shape index (κ3) is 64.6. The Morgan fingerprint density at radius 2 is 0.687 bits per heavy atom. The Labute approximate surface area is 509 Å². The maximum absolute atomic E-state index is 12.9. The van der Waals surface area contributed by atoms with Crippen molar-refractivity contribution in [2.75, 3.05) is 47.5 Å². The second-order valence-corrected chi connectivity index (χ2v) is 22.7. The van der Waals surface area contributed by atoms with Gasteiger partial charge < -0.3 is 28.5 Å². The number of unbranched alkanes of at least 4 members (excludes halogenated alkanes) is 20. The second-order valence-electron chi connectivity index (χ2n) is 22.7. The van der Waals surface area contributed by atoms with Crippen molar-refractivity contribution in [3.8, 4) is 0 Å².